The average Bonchev–Trinajstić information content (AvgIpc) is 3.49. The maximum atomic E-state index is 13.6. The zero-order valence-electron chi connectivity index (χ0n) is 19.2. The largest absolute Gasteiger partial charge is 0.411 e. The Morgan fingerprint density at radius 2 is 1.91 bits per heavy atom. The molecule has 0 spiro atoms. The van der Waals surface area contributed by atoms with Crippen LogP contribution >= 0.6 is 0 Å². The number of fused-ring (bicyclic) bond motifs is 1. The molecule has 0 radical (unpaired) electrons. The van der Waals surface area contributed by atoms with Gasteiger partial charge in [-0.3, -0.25) is 0 Å². The van der Waals surface area contributed by atoms with E-state index < -0.39 is 17.9 Å². The third kappa shape index (κ3) is 6.30. The summed E-state index contributed by atoms with van der Waals surface area (Å²) in [5, 5.41) is 5.71. The maximum Gasteiger partial charge on any atom is 0.411 e. The zero-order valence-corrected chi connectivity index (χ0v) is 19.2. The number of aromatic nitrogens is 3. The molecule has 2 atom stereocenters. The Kier molecular flexibility index (Phi) is 7.39. The summed E-state index contributed by atoms with van der Waals surface area (Å²) in [7, 11) is 0. The van der Waals surface area contributed by atoms with Crippen LogP contribution in [0.5, 0.6) is 0 Å². The highest BCUT2D eigenvalue weighted by molar-refractivity contribution is 5.87. The van der Waals surface area contributed by atoms with E-state index in [0.29, 0.717) is 11.2 Å². The third-order valence-corrected chi connectivity index (χ3v) is 5.21. The lowest BCUT2D eigenvalue weighted by atomic mass is 10.2. The molecule has 0 aromatic carbocycles. The van der Waals surface area contributed by atoms with Gasteiger partial charge in [0.1, 0.15) is 17.2 Å². The van der Waals surface area contributed by atoms with Gasteiger partial charge in [-0.25, -0.2) is 14.4 Å². The van der Waals surface area contributed by atoms with Crippen LogP contribution in [-0.4, -0.2) is 38.9 Å². The molecule has 1 aliphatic rings. The van der Waals surface area contributed by atoms with Crippen LogP contribution in [-0.2, 0) is 0 Å². The minimum absolute atomic E-state index is 0.0225. The normalized spacial score (nSPS) is 17.3. The van der Waals surface area contributed by atoms with Crippen LogP contribution < -0.4 is 10.6 Å². The van der Waals surface area contributed by atoms with E-state index in [4.69, 9.17) is 0 Å². The zero-order chi connectivity index (χ0) is 24.2. The van der Waals surface area contributed by atoms with Gasteiger partial charge in [0.15, 0.2) is 5.82 Å². The number of nitrogens with zero attached hydrogens (tertiary/aromatic N) is 3. The van der Waals surface area contributed by atoms with Crippen molar-refractivity contribution in [2.75, 3.05) is 10.6 Å². The SMILES string of the molecule is C/C=C\C(F)C/C=C/c1ccc2nc(N[C@@H](C)C=C(C)C)nc(NC3(C(F)(F)F)CC3)c2n1. The van der Waals surface area contributed by atoms with Gasteiger partial charge < -0.3 is 10.6 Å². The Balaban J connectivity index is 1.97. The van der Waals surface area contributed by atoms with Crippen molar-refractivity contribution in [3.63, 3.8) is 0 Å². The second-order valence-corrected chi connectivity index (χ2v) is 8.56. The summed E-state index contributed by atoms with van der Waals surface area (Å²) in [6, 6.07) is 3.26. The summed E-state index contributed by atoms with van der Waals surface area (Å²) in [6.45, 7) is 7.56. The van der Waals surface area contributed by atoms with E-state index in [-0.39, 0.29) is 42.6 Å². The molecule has 3 rings (SSSR count). The van der Waals surface area contributed by atoms with Gasteiger partial charge in [0.25, 0.3) is 0 Å². The minimum Gasteiger partial charge on any atom is -0.354 e. The van der Waals surface area contributed by atoms with E-state index in [1.54, 1.807) is 37.3 Å². The highest BCUT2D eigenvalue weighted by atomic mass is 19.4. The Bertz CT molecular complexity index is 1070. The molecular formula is C24H29F4N5. The van der Waals surface area contributed by atoms with Gasteiger partial charge in [0, 0.05) is 12.5 Å². The molecule has 2 N–H and O–H groups in total. The molecular weight excluding hydrogens is 434 g/mol. The van der Waals surface area contributed by atoms with Crippen LogP contribution in [0.25, 0.3) is 17.1 Å². The molecule has 0 bridgehead atoms. The summed E-state index contributed by atoms with van der Waals surface area (Å²) < 4.78 is 54.5. The second kappa shape index (κ2) is 9.89. The fraction of sp³-hybridized carbons (Fsp3) is 0.458. The van der Waals surface area contributed by atoms with Gasteiger partial charge in [0.2, 0.25) is 5.95 Å². The molecule has 2 aromatic heterocycles. The smallest absolute Gasteiger partial charge is 0.354 e. The van der Waals surface area contributed by atoms with Gasteiger partial charge in [-0.1, -0.05) is 29.9 Å². The summed E-state index contributed by atoms with van der Waals surface area (Å²) >= 11 is 0. The van der Waals surface area contributed by atoms with Crippen LogP contribution in [0.1, 0.15) is 52.7 Å². The van der Waals surface area contributed by atoms with E-state index >= 15 is 0 Å². The first-order chi connectivity index (χ1) is 15.5. The number of nitrogens with one attached hydrogen (secondary N) is 2. The van der Waals surface area contributed by atoms with Crippen LogP contribution in [0.2, 0.25) is 0 Å². The molecule has 2 aromatic rings. The number of pyridine rings is 1. The molecule has 178 valence electrons. The summed E-state index contributed by atoms with van der Waals surface area (Å²) in [4.78, 5) is 13.2. The van der Waals surface area contributed by atoms with Crippen molar-refractivity contribution in [2.45, 2.75) is 70.9 Å². The van der Waals surface area contributed by atoms with Crippen molar-refractivity contribution >= 4 is 28.9 Å². The molecule has 0 aliphatic heterocycles. The van der Waals surface area contributed by atoms with E-state index in [2.05, 4.69) is 25.6 Å². The predicted octanol–water partition coefficient (Wildman–Crippen LogP) is 6.62. The van der Waals surface area contributed by atoms with E-state index in [1.807, 2.05) is 26.8 Å². The van der Waals surface area contributed by atoms with Crippen molar-refractivity contribution in [1.29, 1.82) is 0 Å². The number of halogens is 4. The Morgan fingerprint density at radius 3 is 2.52 bits per heavy atom. The van der Waals surface area contributed by atoms with Crippen LogP contribution in [0, 0.1) is 0 Å². The topological polar surface area (TPSA) is 62.7 Å². The molecule has 9 heteroatoms. The maximum absolute atomic E-state index is 13.6. The molecule has 1 unspecified atom stereocenters. The fourth-order valence-electron chi connectivity index (χ4n) is 3.46. The first kappa shape index (κ1) is 24.7. The number of anilines is 2. The van der Waals surface area contributed by atoms with Gasteiger partial charge in [-0.2, -0.15) is 18.2 Å². The Hall–Kier alpha value is -2.97. The third-order valence-electron chi connectivity index (χ3n) is 5.21. The van der Waals surface area contributed by atoms with Crippen molar-refractivity contribution < 1.29 is 17.6 Å². The monoisotopic (exact) mass is 463 g/mol. The van der Waals surface area contributed by atoms with E-state index in [9.17, 15) is 17.6 Å². The molecule has 33 heavy (non-hydrogen) atoms. The van der Waals surface area contributed by atoms with Gasteiger partial charge in [0.05, 0.1) is 11.2 Å². The Labute approximate surface area is 191 Å². The standard InChI is InChI=1S/C24H29F4N5/c1-5-7-17(25)8-6-9-18-10-11-19-20(30-18)21(33-23(12-13-23)24(26,27)28)32-22(31-19)29-16(4)14-15(2)3/h5-7,9-11,14,16-17H,8,12-13H2,1-4H3,(H2,29,31,32,33)/b7-5-,9-6+/t16-,17?/m0/s1. The van der Waals surface area contributed by atoms with Gasteiger partial charge >= 0.3 is 6.18 Å². The lowest BCUT2D eigenvalue weighted by Crippen LogP contribution is -2.39. The second-order valence-electron chi connectivity index (χ2n) is 8.56. The van der Waals surface area contributed by atoms with E-state index in [1.165, 1.54) is 6.08 Å². The van der Waals surface area contributed by atoms with E-state index in [0.717, 1.165) is 5.57 Å². The number of hydrogen-bond donors (Lipinski definition) is 2. The number of rotatable bonds is 9. The summed E-state index contributed by atoms with van der Waals surface area (Å²) in [5.74, 6) is 0.235. The molecule has 1 aliphatic carbocycles. The molecule has 1 fully saturated rings. The van der Waals surface area contributed by atoms with Gasteiger partial charge in [-0.05, 0) is 58.7 Å². The number of hydrogen-bond acceptors (Lipinski definition) is 5. The Morgan fingerprint density at radius 1 is 1.18 bits per heavy atom. The molecule has 2 heterocycles. The van der Waals surface area contributed by atoms with Crippen LogP contribution in [0.3, 0.4) is 0 Å². The average molecular weight is 464 g/mol. The van der Waals surface area contributed by atoms with Crippen molar-refractivity contribution in [2.24, 2.45) is 0 Å². The first-order valence-electron chi connectivity index (χ1n) is 10.9. The summed E-state index contributed by atoms with van der Waals surface area (Å²) in [6.07, 6.45) is 2.94. The highest BCUT2D eigenvalue weighted by Crippen LogP contribution is 2.51. The van der Waals surface area contributed by atoms with Gasteiger partial charge in [-0.15, -0.1) is 0 Å². The lowest BCUT2D eigenvalue weighted by Gasteiger charge is -2.22. The molecule has 0 amide bonds. The van der Waals surface area contributed by atoms with Crippen molar-refractivity contribution in [3.05, 3.63) is 47.7 Å². The van der Waals surface area contributed by atoms with Crippen molar-refractivity contribution in [3.8, 4) is 0 Å². The molecule has 0 saturated heterocycles. The van der Waals surface area contributed by atoms with Crippen LogP contribution in [0.15, 0.2) is 42.0 Å². The lowest BCUT2D eigenvalue weighted by molar-refractivity contribution is -0.151. The highest BCUT2D eigenvalue weighted by Gasteiger charge is 2.64. The fourth-order valence-corrected chi connectivity index (χ4v) is 3.46. The minimum atomic E-state index is -4.41. The number of allylic oxidation sites excluding steroid dienone is 4. The molecule has 5 nitrogen and oxygen atoms in total. The summed E-state index contributed by atoms with van der Waals surface area (Å²) in [5.41, 5.74) is 0.215. The first-order valence-corrected chi connectivity index (χ1v) is 10.9. The predicted molar refractivity (Wildman–Crippen MR) is 125 cm³/mol. The van der Waals surface area contributed by atoms with Crippen molar-refractivity contribution in [1.82, 2.24) is 15.0 Å². The quantitative estimate of drug-likeness (QED) is 0.323. The van der Waals surface area contributed by atoms with Crippen LogP contribution in [0.4, 0.5) is 29.3 Å². The number of alkyl halides is 4. The molecule has 1 saturated carbocycles.